The van der Waals surface area contributed by atoms with Crippen molar-refractivity contribution in [3.05, 3.63) is 129 Å². The first-order valence-electron chi connectivity index (χ1n) is 20.6. The molecule has 11 nitrogen and oxygen atoms in total. The number of hydrogen-bond donors (Lipinski definition) is 2. The number of anilines is 1. The van der Waals surface area contributed by atoms with Crippen LogP contribution in [0.5, 0.6) is 17.2 Å². The van der Waals surface area contributed by atoms with Gasteiger partial charge in [0.2, 0.25) is 11.8 Å². The van der Waals surface area contributed by atoms with Gasteiger partial charge in [0.05, 0.1) is 47.6 Å². The second kappa shape index (κ2) is 15.9. The first-order valence-corrected chi connectivity index (χ1v) is 21.3. The monoisotopic (exact) mass is 848 g/mol. The minimum Gasteiger partial charge on any atom is -0.504 e. The number of hydrazine groups is 1. The van der Waals surface area contributed by atoms with E-state index in [4.69, 9.17) is 32.7 Å². The summed E-state index contributed by atoms with van der Waals surface area (Å²) in [5.41, 5.74) is 4.55. The molecule has 0 unspecified atom stereocenters. The molecule has 60 heavy (non-hydrogen) atoms. The number of imide groups is 2. The SMILES string of the molecule is CCOc1cccc([C@H]2C3=CC[C@@H]4C(=O)N(C5CCN(Cc6ccccc6)CC5)C(=O)[C@@H]4[C@@H]3C[C@H]3C(=O)N(Nc4ccc(Cl)cc4Cl)C(=O)[C@@]23c2ccc(OC)cc2)c1O. The molecular formula is C47H46Cl2N4O7. The number of carbonyl (C=O) groups is 4. The van der Waals surface area contributed by atoms with Crippen LogP contribution in [0.1, 0.15) is 55.2 Å². The average Bonchev–Trinajstić information content (AvgIpc) is 3.64. The van der Waals surface area contributed by atoms with Crippen LogP contribution in [-0.4, -0.2) is 76.4 Å². The largest absolute Gasteiger partial charge is 0.504 e. The number of ether oxygens (including phenoxy) is 2. The number of halogens is 2. The van der Waals surface area contributed by atoms with E-state index in [1.807, 2.05) is 31.2 Å². The first kappa shape index (κ1) is 40.1. The zero-order valence-electron chi connectivity index (χ0n) is 33.4. The Morgan fingerprint density at radius 2 is 1.62 bits per heavy atom. The summed E-state index contributed by atoms with van der Waals surface area (Å²) >= 11 is 12.8. The standard InChI is InChI=1S/C47H46Cl2N4O7/c1-3-60-39-11-7-10-34(42(39)54)41-32-17-18-33-40(45(57)52(43(33)55)30-20-22-51(23-21-30)26-27-8-5-4-6-9-27)35(32)25-36-44(56)53(50-38-19-14-29(48)24-37(38)49)46(58)47(36,41)28-12-15-31(59-2)16-13-28/h4-17,19,24,30,33,35-36,40-41,50,54H,3,18,20-23,25-26H2,1-2H3/t33-,35+,36-,40-,41+,47+/m0/s1. The fourth-order valence-electron chi connectivity index (χ4n) is 10.8. The van der Waals surface area contributed by atoms with Gasteiger partial charge in [0.1, 0.15) is 5.75 Å². The summed E-state index contributed by atoms with van der Waals surface area (Å²) in [4.78, 5) is 64.0. The second-order valence-electron chi connectivity index (χ2n) is 16.4. The fraction of sp³-hybridized carbons (Fsp3) is 0.362. The molecule has 6 atom stereocenters. The lowest BCUT2D eigenvalue weighted by atomic mass is 9.49. The number of aromatic hydroxyl groups is 1. The Hall–Kier alpha value is -5.36. The average molecular weight is 850 g/mol. The van der Waals surface area contributed by atoms with Crippen molar-refractivity contribution in [3.8, 4) is 17.2 Å². The third-order valence-corrected chi connectivity index (χ3v) is 14.0. The molecule has 0 radical (unpaired) electrons. The summed E-state index contributed by atoms with van der Waals surface area (Å²) < 4.78 is 11.4. The van der Waals surface area contributed by atoms with Crippen LogP contribution >= 0.6 is 23.2 Å². The molecule has 0 spiro atoms. The van der Waals surface area contributed by atoms with Crippen molar-refractivity contribution in [3.63, 3.8) is 0 Å². The van der Waals surface area contributed by atoms with E-state index in [9.17, 15) is 14.7 Å². The number of benzene rings is 4. The predicted octanol–water partition coefficient (Wildman–Crippen LogP) is 7.76. The maximum absolute atomic E-state index is 15.6. The summed E-state index contributed by atoms with van der Waals surface area (Å²) in [5.74, 6) is -4.79. The van der Waals surface area contributed by atoms with Crippen LogP contribution in [-0.2, 0) is 31.1 Å². The highest BCUT2D eigenvalue weighted by Crippen LogP contribution is 2.65. The van der Waals surface area contributed by atoms with Gasteiger partial charge >= 0.3 is 0 Å². The number of phenolic OH excluding ortho intramolecular Hbond substituents is 1. The van der Waals surface area contributed by atoms with Crippen LogP contribution in [0.4, 0.5) is 5.69 Å². The lowest BCUT2D eigenvalue weighted by Crippen LogP contribution is -2.53. The van der Waals surface area contributed by atoms with Gasteiger partial charge in [-0.1, -0.05) is 89.4 Å². The number of methoxy groups -OCH3 is 1. The van der Waals surface area contributed by atoms with E-state index in [2.05, 4.69) is 22.5 Å². The normalized spacial score (nSPS) is 26.7. The molecule has 2 aliphatic carbocycles. The number of phenols is 1. The quantitative estimate of drug-likeness (QED) is 0.122. The Kier molecular flexibility index (Phi) is 10.6. The molecule has 3 aliphatic heterocycles. The lowest BCUT2D eigenvalue weighted by molar-refractivity contribution is -0.144. The van der Waals surface area contributed by atoms with E-state index < -0.39 is 46.8 Å². The van der Waals surface area contributed by atoms with Crippen LogP contribution in [0.2, 0.25) is 10.0 Å². The molecule has 4 aromatic rings. The number of nitrogens with one attached hydrogen (secondary N) is 1. The van der Waals surface area contributed by atoms with Crippen molar-refractivity contribution in [2.45, 2.75) is 56.5 Å². The van der Waals surface area contributed by atoms with Gasteiger partial charge in [-0.2, -0.15) is 5.01 Å². The first-order chi connectivity index (χ1) is 29.1. The molecule has 1 saturated carbocycles. The van der Waals surface area contributed by atoms with E-state index in [1.165, 1.54) is 16.5 Å². The van der Waals surface area contributed by atoms with Crippen molar-refractivity contribution in [2.75, 3.05) is 32.2 Å². The predicted molar refractivity (Wildman–Crippen MR) is 226 cm³/mol. The van der Waals surface area contributed by atoms with Crippen LogP contribution in [0, 0.1) is 23.7 Å². The molecule has 3 heterocycles. The maximum atomic E-state index is 15.6. The van der Waals surface area contributed by atoms with E-state index in [0.29, 0.717) is 40.4 Å². The van der Waals surface area contributed by atoms with Gasteiger partial charge in [-0.05, 0) is 86.1 Å². The van der Waals surface area contributed by atoms with Gasteiger partial charge in [-0.3, -0.25) is 34.4 Å². The van der Waals surface area contributed by atoms with Crippen LogP contribution < -0.4 is 14.9 Å². The molecule has 5 aliphatic rings. The number of nitrogens with zero attached hydrogens (tertiary/aromatic N) is 3. The third kappa shape index (κ3) is 6.44. The zero-order valence-corrected chi connectivity index (χ0v) is 34.9. The maximum Gasteiger partial charge on any atom is 0.260 e. The smallest absolute Gasteiger partial charge is 0.260 e. The summed E-state index contributed by atoms with van der Waals surface area (Å²) in [6, 6.07) is 27.0. The van der Waals surface area contributed by atoms with Crippen molar-refractivity contribution < 1.29 is 33.8 Å². The van der Waals surface area contributed by atoms with Gasteiger partial charge in [0, 0.05) is 42.2 Å². The Morgan fingerprint density at radius 3 is 2.32 bits per heavy atom. The van der Waals surface area contributed by atoms with E-state index in [1.54, 1.807) is 61.7 Å². The number of piperidine rings is 1. The summed E-state index contributed by atoms with van der Waals surface area (Å²) in [7, 11) is 1.55. The highest BCUT2D eigenvalue weighted by Gasteiger charge is 2.71. The van der Waals surface area contributed by atoms with E-state index >= 15 is 9.59 Å². The number of hydrogen-bond acceptors (Lipinski definition) is 9. The minimum atomic E-state index is -1.62. The summed E-state index contributed by atoms with van der Waals surface area (Å²) in [5, 5.41) is 13.7. The van der Waals surface area contributed by atoms with E-state index in [0.717, 1.165) is 30.2 Å². The number of likely N-dealkylation sites (tertiary alicyclic amines) is 2. The topological polar surface area (TPSA) is 129 Å². The molecule has 310 valence electrons. The highest BCUT2D eigenvalue weighted by atomic mass is 35.5. The molecule has 2 N–H and O–H groups in total. The Balaban J connectivity index is 1.14. The molecule has 4 aromatic carbocycles. The fourth-order valence-corrected chi connectivity index (χ4v) is 11.2. The van der Waals surface area contributed by atoms with Gasteiger partial charge in [-0.15, -0.1) is 0 Å². The summed E-state index contributed by atoms with van der Waals surface area (Å²) in [6.45, 7) is 4.39. The van der Waals surface area contributed by atoms with Gasteiger partial charge in [0.15, 0.2) is 11.5 Å². The van der Waals surface area contributed by atoms with Gasteiger partial charge < -0.3 is 14.6 Å². The second-order valence-corrected chi connectivity index (χ2v) is 17.2. The zero-order chi connectivity index (χ0) is 41.9. The number of para-hydroxylation sites is 1. The van der Waals surface area contributed by atoms with Crippen LogP contribution in [0.3, 0.4) is 0 Å². The number of carbonyl (C=O) groups excluding carboxylic acids is 4. The number of rotatable bonds is 10. The Labute approximate surface area is 358 Å². The Bertz CT molecular complexity index is 2380. The van der Waals surface area contributed by atoms with Crippen LogP contribution in [0.15, 0.2) is 103 Å². The molecule has 4 amide bonds. The van der Waals surface area contributed by atoms with Crippen molar-refractivity contribution in [1.29, 1.82) is 0 Å². The van der Waals surface area contributed by atoms with Crippen LogP contribution in [0.25, 0.3) is 0 Å². The lowest BCUT2D eigenvalue weighted by Gasteiger charge is -2.50. The minimum absolute atomic E-state index is 0.112. The van der Waals surface area contributed by atoms with Crippen molar-refractivity contribution in [2.24, 2.45) is 23.7 Å². The van der Waals surface area contributed by atoms with Gasteiger partial charge in [-0.25, -0.2) is 0 Å². The molecule has 9 rings (SSSR count). The third-order valence-electron chi connectivity index (χ3n) is 13.4. The van der Waals surface area contributed by atoms with Gasteiger partial charge in [0.25, 0.3) is 11.8 Å². The summed E-state index contributed by atoms with van der Waals surface area (Å²) in [6.07, 6.45) is 3.71. The number of allylic oxidation sites excluding steroid dienone is 2. The number of fused-ring (bicyclic) bond motifs is 4. The molecular weight excluding hydrogens is 803 g/mol. The molecule has 0 bridgehead atoms. The van der Waals surface area contributed by atoms with E-state index in [-0.39, 0.29) is 53.8 Å². The molecule has 0 aromatic heterocycles. The van der Waals surface area contributed by atoms with Crippen molar-refractivity contribution in [1.82, 2.24) is 14.8 Å². The molecule has 13 heteroatoms. The number of amides is 4. The molecule has 3 saturated heterocycles. The molecule has 4 fully saturated rings. The highest BCUT2D eigenvalue weighted by molar-refractivity contribution is 6.36. The van der Waals surface area contributed by atoms with Crippen molar-refractivity contribution >= 4 is 52.5 Å². The Morgan fingerprint density at radius 1 is 0.867 bits per heavy atom.